The Balaban J connectivity index is 1.53. The van der Waals surface area contributed by atoms with Crippen LogP contribution < -0.4 is 15.5 Å². The van der Waals surface area contributed by atoms with Gasteiger partial charge >= 0.3 is 0 Å². The van der Waals surface area contributed by atoms with Gasteiger partial charge in [-0.15, -0.1) is 0 Å². The summed E-state index contributed by atoms with van der Waals surface area (Å²) < 4.78 is 34.7. The summed E-state index contributed by atoms with van der Waals surface area (Å²) in [6.07, 6.45) is 1.51. The van der Waals surface area contributed by atoms with Crippen molar-refractivity contribution in [3.8, 4) is 11.3 Å². The van der Waals surface area contributed by atoms with Crippen LogP contribution in [0.3, 0.4) is 0 Å². The fourth-order valence-corrected chi connectivity index (χ4v) is 3.85. The summed E-state index contributed by atoms with van der Waals surface area (Å²) in [4.78, 5) is 22.3. The molecule has 2 aromatic heterocycles. The molecule has 0 atom stereocenters. The number of ether oxygens (including phenoxy) is 1. The normalized spacial score (nSPS) is 13.8. The third-order valence-corrected chi connectivity index (χ3v) is 5.41. The number of morpholine rings is 1. The summed E-state index contributed by atoms with van der Waals surface area (Å²) in [5.74, 6) is -0.952. The molecular weight excluding hydrogens is 444 g/mol. The van der Waals surface area contributed by atoms with Gasteiger partial charge in [0.2, 0.25) is 11.9 Å². The van der Waals surface area contributed by atoms with Gasteiger partial charge < -0.3 is 20.3 Å². The second kappa shape index (κ2) is 9.02. The van der Waals surface area contributed by atoms with Crippen LogP contribution >= 0.6 is 0 Å². The lowest BCUT2D eigenvalue weighted by Gasteiger charge is -2.29. The first kappa shape index (κ1) is 21.7. The molecular formula is C23H21F2N7O2. The first-order valence-corrected chi connectivity index (χ1v) is 10.7. The minimum Gasteiger partial charge on any atom is -0.378 e. The lowest BCUT2D eigenvalue weighted by Crippen LogP contribution is -2.36. The van der Waals surface area contributed by atoms with Crippen molar-refractivity contribution in [2.45, 2.75) is 6.92 Å². The second-order valence-electron chi connectivity index (χ2n) is 7.79. The van der Waals surface area contributed by atoms with Crippen molar-refractivity contribution < 1.29 is 18.3 Å². The number of aromatic nitrogens is 4. The molecule has 174 valence electrons. The maximum absolute atomic E-state index is 14.8. The van der Waals surface area contributed by atoms with Gasteiger partial charge in [0.15, 0.2) is 5.65 Å². The lowest BCUT2D eigenvalue weighted by atomic mass is 10.1. The van der Waals surface area contributed by atoms with Gasteiger partial charge in [-0.3, -0.25) is 9.89 Å². The molecule has 9 nitrogen and oxygen atoms in total. The van der Waals surface area contributed by atoms with Crippen molar-refractivity contribution >= 4 is 40.0 Å². The minimum absolute atomic E-state index is 0.176. The smallest absolute Gasteiger partial charge is 0.229 e. The number of amides is 1. The van der Waals surface area contributed by atoms with E-state index in [-0.39, 0.29) is 23.2 Å². The van der Waals surface area contributed by atoms with Gasteiger partial charge in [0.05, 0.1) is 36.2 Å². The van der Waals surface area contributed by atoms with Gasteiger partial charge in [0.1, 0.15) is 11.6 Å². The molecule has 11 heteroatoms. The van der Waals surface area contributed by atoms with Gasteiger partial charge in [-0.05, 0) is 36.4 Å². The van der Waals surface area contributed by atoms with Crippen molar-refractivity contribution in [3.05, 3.63) is 54.2 Å². The number of carbonyl (C=O) groups is 1. The van der Waals surface area contributed by atoms with E-state index in [1.54, 1.807) is 12.1 Å². The molecule has 2 aromatic carbocycles. The average molecular weight is 465 g/mol. The number of hydrogen-bond donors (Lipinski definition) is 3. The van der Waals surface area contributed by atoms with Crippen LogP contribution in [0.2, 0.25) is 0 Å². The van der Waals surface area contributed by atoms with E-state index in [1.165, 1.54) is 37.4 Å². The summed E-state index contributed by atoms with van der Waals surface area (Å²) in [5, 5.41) is 13.0. The number of anilines is 4. The van der Waals surface area contributed by atoms with E-state index in [1.807, 2.05) is 4.90 Å². The first-order chi connectivity index (χ1) is 16.5. The number of carbonyl (C=O) groups excluding carboxylic acids is 1. The molecule has 1 amide bonds. The zero-order valence-corrected chi connectivity index (χ0v) is 18.2. The number of aromatic amines is 1. The Morgan fingerprint density at radius 1 is 1.06 bits per heavy atom. The summed E-state index contributed by atoms with van der Waals surface area (Å²) in [7, 11) is 0. The molecule has 5 rings (SSSR count). The summed E-state index contributed by atoms with van der Waals surface area (Å²) in [6, 6.07) is 8.87. The monoisotopic (exact) mass is 465 g/mol. The average Bonchev–Trinajstić information content (AvgIpc) is 3.30. The maximum Gasteiger partial charge on any atom is 0.229 e. The fourth-order valence-electron chi connectivity index (χ4n) is 3.85. The molecule has 0 unspecified atom stereocenters. The zero-order chi connectivity index (χ0) is 23.7. The van der Waals surface area contributed by atoms with E-state index in [9.17, 15) is 13.6 Å². The SMILES string of the molecule is CC(=O)Nc1ccc(F)c(-c2nc(Nc3ccc(F)c(N4CCOCC4)c3)nc3[nH]ncc23)c1. The second-order valence-corrected chi connectivity index (χ2v) is 7.79. The summed E-state index contributed by atoms with van der Waals surface area (Å²) in [5.41, 5.74) is 2.32. The van der Waals surface area contributed by atoms with Gasteiger partial charge in [0.25, 0.3) is 0 Å². The molecule has 0 saturated carbocycles. The van der Waals surface area contributed by atoms with Crippen LogP contribution in [0.15, 0.2) is 42.6 Å². The van der Waals surface area contributed by atoms with E-state index >= 15 is 0 Å². The van der Waals surface area contributed by atoms with Crippen LogP contribution in [0, 0.1) is 11.6 Å². The maximum atomic E-state index is 14.8. The van der Waals surface area contributed by atoms with Crippen molar-refractivity contribution in [2.24, 2.45) is 0 Å². The van der Waals surface area contributed by atoms with E-state index in [0.717, 1.165) is 0 Å². The fraction of sp³-hybridized carbons (Fsp3) is 0.217. The predicted octanol–water partition coefficient (Wildman–Crippen LogP) is 3.84. The Morgan fingerprint density at radius 2 is 1.82 bits per heavy atom. The predicted molar refractivity (Wildman–Crippen MR) is 124 cm³/mol. The highest BCUT2D eigenvalue weighted by molar-refractivity contribution is 5.94. The van der Waals surface area contributed by atoms with Crippen LogP contribution in [0.25, 0.3) is 22.3 Å². The third-order valence-electron chi connectivity index (χ3n) is 5.41. The van der Waals surface area contributed by atoms with Crippen molar-refractivity contribution in [3.63, 3.8) is 0 Å². The molecule has 4 aromatic rings. The Morgan fingerprint density at radius 3 is 2.62 bits per heavy atom. The summed E-state index contributed by atoms with van der Waals surface area (Å²) in [6.45, 7) is 3.61. The van der Waals surface area contributed by atoms with Crippen LogP contribution in [0.1, 0.15) is 6.92 Å². The van der Waals surface area contributed by atoms with Crippen LogP contribution in [-0.2, 0) is 9.53 Å². The molecule has 1 aliphatic rings. The minimum atomic E-state index is -0.516. The van der Waals surface area contributed by atoms with E-state index in [0.29, 0.717) is 60.1 Å². The Bertz CT molecular complexity index is 1370. The highest BCUT2D eigenvalue weighted by Crippen LogP contribution is 2.32. The highest BCUT2D eigenvalue weighted by Gasteiger charge is 2.18. The van der Waals surface area contributed by atoms with Crippen LogP contribution in [0.5, 0.6) is 0 Å². The molecule has 34 heavy (non-hydrogen) atoms. The number of fused-ring (bicyclic) bond motifs is 1. The van der Waals surface area contributed by atoms with Gasteiger partial charge in [-0.25, -0.2) is 13.8 Å². The van der Waals surface area contributed by atoms with Crippen LogP contribution in [-0.4, -0.2) is 52.4 Å². The number of rotatable bonds is 5. The van der Waals surface area contributed by atoms with Gasteiger partial charge in [0, 0.05) is 37.0 Å². The molecule has 3 N–H and O–H groups in total. The Kier molecular flexibility index (Phi) is 5.76. The zero-order valence-electron chi connectivity index (χ0n) is 18.2. The molecule has 1 saturated heterocycles. The third kappa shape index (κ3) is 4.37. The molecule has 0 bridgehead atoms. The molecule has 0 spiro atoms. The molecule has 1 aliphatic heterocycles. The van der Waals surface area contributed by atoms with Gasteiger partial charge in [-0.2, -0.15) is 10.1 Å². The van der Waals surface area contributed by atoms with Crippen molar-refractivity contribution in [1.29, 1.82) is 0 Å². The Labute approximate surface area is 193 Å². The van der Waals surface area contributed by atoms with Crippen molar-refractivity contribution in [2.75, 3.05) is 41.8 Å². The van der Waals surface area contributed by atoms with E-state index in [2.05, 4.69) is 30.8 Å². The molecule has 3 heterocycles. The van der Waals surface area contributed by atoms with Crippen LogP contribution in [0.4, 0.5) is 31.8 Å². The number of nitrogens with zero attached hydrogens (tertiary/aromatic N) is 4. The van der Waals surface area contributed by atoms with Gasteiger partial charge in [-0.1, -0.05) is 0 Å². The number of hydrogen-bond acceptors (Lipinski definition) is 7. The molecule has 0 aliphatic carbocycles. The number of benzene rings is 2. The quantitative estimate of drug-likeness (QED) is 0.411. The van der Waals surface area contributed by atoms with E-state index < -0.39 is 5.82 Å². The van der Waals surface area contributed by atoms with E-state index in [4.69, 9.17) is 4.74 Å². The molecule has 1 fully saturated rings. The summed E-state index contributed by atoms with van der Waals surface area (Å²) >= 11 is 0. The largest absolute Gasteiger partial charge is 0.378 e. The number of nitrogens with one attached hydrogen (secondary N) is 3. The lowest BCUT2D eigenvalue weighted by molar-refractivity contribution is -0.114. The number of H-pyrrole nitrogens is 1. The van der Waals surface area contributed by atoms with Crippen molar-refractivity contribution in [1.82, 2.24) is 20.2 Å². The standard InChI is InChI=1S/C23H21F2N7O2/c1-13(33)27-14-2-4-18(24)16(10-14)21-17-12-26-31-22(17)30-23(29-21)28-15-3-5-19(25)20(11-15)32-6-8-34-9-7-32/h2-5,10-12H,6-9H2,1H3,(H,27,33)(H2,26,28,29,30,31). The highest BCUT2D eigenvalue weighted by atomic mass is 19.1. The molecule has 0 radical (unpaired) electrons. The topological polar surface area (TPSA) is 108 Å². The Hall–Kier alpha value is -4.12. The number of halogens is 2. The first-order valence-electron chi connectivity index (χ1n) is 10.7.